The van der Waals surface area contributed by atoms with Crippen molar-refractivity contribution in [1.82, 2.24) is 4.98 Å². The fraction of sp³-hybridized carbons (Fsp3) is 0.167. The van der Waals surface area contributed by atoms with E-state index in [0.717, 1.165) is 5.69 Å². The molecule has 0 unspecified atom stereocenters. The molecule has 0 aromatic carbocycles. The topological polar surface area (TPSA) is 24.9 Å². The maximum absolute atomic E-state index is 3.98. The smallest absolute Gasteiger partial charge is 0.0661 e. The van der Waals surface area contributed by atoms with E-state index in [2.05, 4.69) is 37.8 Å². The van der Waals surface area contributed by atoms with Crippen molar-refractivity contribution in [3.8, 4) is 0 Å². The Bertz CT molecular complexity index is 217. The molecule has 54 valence electrons. The lowest BCUT2D eigenvalue weighted by Gasteiger charge is -2.02. The number of aromatic nitrogens is 1. The van der Waals surface area contributed by atoms with Gasteiger partial charge in [0.05, 0.1) is 11.9 Å². The van der Waals surface area contributed by atoms with Gasteiger partial charge in [0.1, 0.15) is 0 Å². The molecule has 4 heteroatoms. The van der Waals surface area contributed by atoms with Crippen molar-refractivity contribution in [3.63, 3.8) is 0 Å². The highest BCUT2D eigenvalue weighted by molar-refractivity contribution is 14.2. The third-order valence-electron chi connectivity index (χ3n) is 1.19. The Balaban J connectivity index is 2.81. The van der Waals surface area contributed by atoms with Crippen molar-refractivity contribution in [3.05, 3.63) is 24.0 Å². The predicted octanol–water partition coefficient (Wildman–Crippen LogP) is 2.80. The maximum Gasteiger partial charge on any atom is 0.0661 e. The van der Waals surface area contributed by atoms with E-state index in [1.807, 2.05) is 12.3 Å². The van der Waals surface area contributed by atoms with Gasteiger partial charge >= 0.3 is 0 Å². The molecule has 0 aliphatic carbocycles. The van der Waals surface area contributed by atoms with Crippen LogP contribution >= 0.6 is 30.3 Å². The summed E-state index contributed by atoms with van der Waals surface area (Å²) in [5.41, 5.74) is 2.31. The predicted molar refractivity (Wildman–Crippen MR) is 54.2 cm³/mol. The standard InChI is InChI=1S/C6H7IN2S/c1-5-2-3-8-4-6(5)9-10-7/h2-4,9H,1H3. The second kappa shape index (κ2) is 4.02. The molecule has 0 radical (unpaired) electrons. The summed E-state index contributed by atoms with van der Waals surface area (Å²) in [5, 5.41) is 0. The van der Waals surface area contributed by atoms with Gasteiger partial charge in [0.25, 0.3) is 0 Å². The molecule has 0 saturated carbocycles. The van der Waals surface area contributed by atoms with Gasteiger partial charge < -0.3 is 4.72 Å². The highest BCUT2D eigenvalue weighted by atomic mass is 127. The molecule has 1 aromatic rings. The lowest BCUT2D eigenvalue weighted by molar-refractivity contribution is 1.29. The first-order valence-corrected chi connectivity index (χ1v) is 6.14. The summed E-state index contributed by atoms with van der Waals surface area (Å²) in [6.07, 6.45) is 3.61. The molecular formula is C6H7IN2S. The van der Waals surface area contributed by atoms with Crippen molar-refractivity contribution in [1.29, 1.82) is 0 Å². The molecular weight excluding hydrogens is 259 g/mol. The number of hydrogen-bond acceptors (Lipinski definition) is 3. The molecule has 0 saturated heterocycles. The summed E-state index contributed by atoms with van der Waals surface area (Å²) in [6.45, 7) is 2.05. The highest BCUT2D eigenvalue weighted by Crippen LogP contribution is 2.19. The first kappa shape index (κ1) is 8.13. The lowest BCUT2D eigenvalue weighted by atomic mass is 10.3. The monoisotopic (exact) mass is 266 g/mol. The van der Waals surface area contributed by atoms with Crippen LogP contribution in [0.4, 0.5) is 5.69 Å². The second-order valence-corrected chi connectivity index (χ2v) is 3.55. The fourth-order valence-corrected chi connectivity index (χ4v) is 1.62. The van der Waals surface area contributed by atoms with Crippen molar-refractivity contribution in [2.24, 2.45) is 0 Å². The molecule has 0 amide bonds. The fourth-order valence-electron chi connectivity index (χ4n) is 0.612. The number of pyridine rings is 1. The summed E-state index contributed by atoms with van der Waals surface area (Å²) in [7, 11) is 1.55. The van der Waals surface area contributed by atoms with Crippen LogP contribution in [-0.4, -0.2) is 4.98 Å². The van der Waals surface area contributed by atoms with Crippen LogP contribution in [-0.2, 0) is 0 Å². The normalized spacial score (nSPS) is 9.40. The summed E-state index contributed by atoms with van der Waals surface area (Å²) in [5.74, 6) is 0. The molecule has 1 N–H and O–H groups in total. The van der Waals surface area contributed by atoms with Gasteiger partial charge in [0.15, 0.2) is 0 Å². The van der Waals surface area contributed by atoms with Crippen LogP contribution in [0.15, 0.2) is 18.5 Å². The lowest BCUT2D eigenvalue weighted by Crippen LogP contribution is -1.86. The Morgan fingerprint density at radius 3 is 3.10 bits per heavy atom. The number of nitrogens with zero attached hydrogens (tertiary/aromatic N) is 1. The average molecular weight is 266 g/mol. The molecule has 1 heterocycles. The van der Waals surface area contributed by atoms with Crippen LogP contribution in [0.3, 0.4) is 0 Å². The van der Waals surface area contributed by atoms with Gasteiger partial charge in [-0.3, -0.25) is 4.98 Å². The molecule has 2 nitrogen and oxygen atoms in total. The van der Waals surface area contributed by atoms with E-state index in [4.69, 9.17) is 0 Å². The molecule has 0 aliphatic rings. The first-order chi connectivity index (χ1) is 4.84. The molecule has 0 fully saturated rings. The number of nitrogens with one attached hydrogen (secondary N) is 1. The maximum atomic E-state index is 3.98. The zero-order chi connectivity index (χ0) is 7.40. The second-order valence-electron chi connectivity index (χ2n) is 1.87. The minimum absolute atomic E-state index is 1.09. The Kier molecular flexibility index (Phi) is 3.27. The Morgan fingerprint density at radius 2 is 2.50 bits per heavy atom. The Hall–Kier alpha value is 0.0300. The van der Waals surface area contributed by atoms with E-state index in [1.54, 1.807) is 15.3 Å². The van der Waals surface area contributed by atoms with Crippen molar-refractivity contribution >= 4 is 36.0 Å². The van der Waals surface area contributed by atoms with Gasteiger partial charge in [-0.15, -0.1) is 0 Å². The minimum atomic E-state index is 1.09. The zero-order valence-electron chi connectivity index (χ0n) is 5.47. The summed E-state index contributed by atoms with van der Waals surface area (Å²) < 4.78 is 3.12. The molecule has 0 aliphatic heterocycles. The van der Waals surface area contributed by atoms with E-state index in [1.165, 1.54) is 5.56 Å². The third-order valence-corrected chi connectivity index (χ3v) is 2.15. The number of hydrogen-bond donors (Lipinski definition) is 1. The number of anilines is 1. The van der Waals surface area contributed by atoms with Crippen LogP contribution in [0.2, 0.25) is 0 Å². The summed E-state index contributed by atoms with van der Waals surface area (Å²) in [4.78, 5) is 3.98. The van der Waals surface area contributed by atoms with Gasteiger partial charge in [-0.25, -0.2) is 0 Å². The third kappa shape index (κ3) is 2.02. The minimum Gasteiger partial charge on any atom is -0.319 e. The van der Waals surface area contributed by atoms with Crippen LogP contribution in [0.25, 0.3) is 0 Å². The molecule has 10 heavy (non-hydrogen) atoms. The van der Waals surface area contributed by atoms with E-state index in [0.29, 0.717) is 0 Å². The van der Waals surface area contributed by atoms with E-state index in [-0.39, 0.29) is 0 Å². The quantitative estimate of drug-likeness (QED) is 0.658. The summed E-state index contributed by atoms with van der Waals surface area (Å²) >= 11 is 2.19. The molecule has 0 atom stereocenters. The zero-order valence-corrected chi connectivity index (χ0v) is 8.44. The highest BCUT2D eigenvalue weighted by Gasteiger charge is 1.93. The van der Waals surface area contributed by atoms with Crippen molar-refractivity contribution in [2.75, 3.05) is 4.72 Å². The van der Waals surface area contributed by atoms with Gasteiger partial charge in [0.2, 0.25) is 0 Å². The van der Waals surface area contributed by atoms with Gasteiger partial charge in [-0.05, 0) is 18.6 Å². The Labute approximate surface area is 76.5 Å². The SMILES string of the molecule is Cc1ccncc1NSI. The van der Waals surface area contributed by atoms with E-state index in [9.17, 15) is 0 Å². The van der Waals surface area contributed by atoms with Crippen molar-refractivity contribution < 1.29 is 0 Å². The van der Waals surface area contributed by atoms with Crippen LogP contribution in [0.5, 0.6) is 0 Å². The van der Waals surface area contributed by atoms with Crippen LogP contribution in [0.1, 0.15) is 5.56 Å². The van der Waals surface area contributed by atoms with Crippen LogP contribution < -0.4 is 4.72 Å². The number of aryl methyl sites for hydroxylation is 1. The largest absolute Gasteiger partial charge is 0.319 e. The van der Waals surface area contributed by atoms with Crippen LogP contribution in [0, 0.1) is 6.92 Å². The number of rotatable bonds is 2. The molecule has 0 bridgehead atoms. The van der Waals surface area contributed by atoms with Gasteiger partial charge in [0, 0.05) is 36.5 Å². The van der Waals surface area contributed by atoms with E-state index >= 15 is 0 Å². The van der Waals surface area contributed by atoms with Gasteiger partial charge in [-0.2, -0.15) is 0 Å². The van der Waals surface area contributed by atoms with Crippen molar-refractivity contribution in [2.45, 2.75) is 6.92 Å². The average Bonchev–Trinajstić information content (AvgIpc) is 1.94. The molecule has 1 rings (SSSR count). The van der Waals surface area contributed by atoms with Gasteiger partial charge in [-0.1, -0.05) is 0 Å². The Morgan fingerprint density at radius 1 is 1.70 bits per heavy atom. The van der Waals surface area contributed by atoms with E-state index < -0.39 is 0 Å². The first-order valence-electron chi connectivity index (χ1n) is 2.79. The molecule has 0 spiro atoms. The summed E-state index contributed by atoms with van der Waals surface area (Å²) in [6, 6.07) is 1.98. The molecule has 1 aromatic heterocycles. The number of halogens is 1.